The zero-order valence-corrected chi connectivity index (χ0v) is 8.55. The lowest BCUT2D eigenvalue weighted by Crippen LogP contribution is -2.13. The molecule has 0 aromatic heterocycles. The van der Waals surface area contributed by atoms with Gasteiger partial charge in [0.25, 0.3) is 0 Å². The third kappa shape index (κ3) is 1.28. The van der Waals surface area contributed by atoms with Gasteiger partial charge in [0.1, 0.15) is 6.10 Å². The molecule has 0 aliphatic heterocycles. The Hall–Kier alpha value is -0.820. The van der Waals surface area contributed by atoms with E-state index in [4.69, 9.17) is 4.74 Å². The van der Waals surface area contributed by atoms with E-state index < -0.39 is 0 Å². The highest BCUT2D eigenvalue weighted by Crippen LogP contribution is 2.38. The van der Waals surface area contributed by atoms with Crippen molar-refractivity contribution in [3.8, 4) is 0 Å². The first-order valence-corrected chi connectivity index (χ1v) is 4.85. The summed E-state index contributed by atoms with van der Waals surface area (Å²) < 4.78 is 5.50. The fourth-order valence-electron chi connectivity index (χ4n) is 2.30. The molecular weight excluding hydrogens is 160 g/mol. The zero-order valence-electron chi connectivity index (χ0n) is 8.55. The summed E-state index contributed by atoms with van der Waals surface area (Å²) in [5.74, 6) is 0. The van der Waals surface area contributed by atoms with Gasteiger partial charge in [0, 0.05) is 7.11 Å². The quantitative estimate of drug-likeness (QED) is 0.596. The monoisotopic (exact) mass is 176 g/mol. The van der Waals surface area contributed by atoms with Gasteiger partial charge in [0.05, 0.1) is 0 Å². The molecule has 0 aromatic rings. The SMILES string of the molecule is COC1C(C)=CC2=CCCC(C)=C21. The van der Waals surface area contributed by atoms with Crippen molar-refractivity contribution in [1.82, 2.24) is 0 Å². The second kappa shape index (κ2) is 3.15. The van der Waals surface area contributed by atoms with E-state index in [9.17, 15) is 0 Å². The van der Waals surface area contributed by atoms with Crippen LogP contribution in [0.4, 0.5) is 0 Å². The molecule has 1 heteroatoms. The molecule has 1 atom stereocenters. The Balaban J connectivity index is 2.45. The van der Waals surface area contributed by atoms with Crippen LogP contribution in [0.15, 0.2) is 34.4 Å². The molecule has 0 bridgehead atoms. The van der Waals surface area contributed by atoms with Crippen molar-refractivity contribution in [2.24, 2.45) is 0 Å². The molecule has 70 valence electrons. The van der Waals surface area contributed by atoms with Gasteiger partial charge in [0.15, 0.2) is 0 Å². The van der Waals surface area contributed by atoms with Crippen LogP contribution in [0.1, 0.15) is 26.7 Å². The van der Waals surface area contributed by atoms with E-state index in [1.54, 1.807) is 7.11 Å². The van der Waals surface area contributed by atoms with Crippen LogP contribution in [0.25, 0.3) is 0 Å². The van der Waals surface area contributed by atoms with Crippen LogP contribution < -0.4 is 0 Å². The molecule has 2 aliphatic rings. The fraction of sp³-hybridized carbons (Fsp3) is 0.500. The minimum absolute atomic E-state index is 0.228. The highest BCUT2D eigenvalue weighted by atomic mass is 16.5. The van der Waals surface area contributed by atoms with Crippen LogP contribution in [0.2, 0.25) is 0 Å². The number of methoxy groups -OCH3 is 1. The van der Waals surface area contributed by atoms with Gasteiger partial charge in [0.2, 0.25) is 0 Å². The van der Waals surface area contributed by atoms with Crippen molar-refractivity contribution in [3.05, 3.63) is 34.4 Å². The van der Waals surface area contributed by atoms with E-state index in [-0.39, 0.29) is 6.10 Å². The van der Waals surface area contributed by atoms with E-state index in [2.05, 4.69) is 26.0 Å². The van der Waals surface area contributed by atoms with Gasteiger partial charge in [-0.25, -0.2) is 0 Å². The molecule has 0 fully saturated rings. The minimum atomic E-state index is 0.228. The van der Waals surface area contributed by atoms with Crippen molar-refractivity contribution in [2.45, 2.75) is 32.8 Å². The van der Waals surface area contributed by atoms with E-state index >= 15 is 0 Å². The second-order valence-electron chi connectivity index (χ2n) is 3.90. The van der Waals surface area contributed by atoms with Crippen LogP contribution in [0.5, 0.6) is 0 Å². The number of hydrogen-bond acceptors (Lipinski definition) is 1. The van der Waals surface area contributed by atoms with Gasteiger partial charge in [-0.1, -0.05) is 17.7 Å². The van der Waals surface area contributed by atoms with Gasteiger partial charge in [-0.05, 0) is 43.4 Å². The maximum absolute atomic E-state index is 5.50. The topological polar surface area (TPSA) is 9.23 Å². The lowest BCUT2D eigenvalue weighted by atomic mass is 9.92. The molecular formula is C12H16O. The summed E-state index contributed by atoms with van der Waals surface area (Å²) in [4.78, 5) is 0. The van der Waals surface area contributed by atoms with Crippen molar-refractivity contribution < 1.29 is 4.74 Å². The zero-order chi connectivity index (χ0) is 9.42. The van der Waals surface area contributed by atoms with E-state index in [1.165, 1.54) is 35.1 Å². The molecule has 13 heavy (non-hydrogen) atoms. The van der Waals surface area contributed by atoms with E-state index in [0.717, 1.165) is 0 Å². The molecule has 0 amide bonds. The van der Waals surface area contributed by atoms with E-state index in [0.29, 0.717) is 0 Å². The normalized spacial score (nSPS) is 27.2. The molecule has 2 rings (SSSR count). The molecule has 0 radical (unpaired) electrons. The molecule has 0 spiro atoms. The largest absolute Gasteiger partial charge is 0.372 e. The number of fused-ring (bicyclic) bond motifs is 1. The Bertz CT molecular complexity index is 318. The summed E-state index contributed by atoms with van der Waals surface area (Å²) in [7, 11) is 1.79. The van der Waals surface area contributed by atoms with Crippen molar-refractivity contribution >= 4 is 0 Å². The van der Waals surface area contributed by atoms with Gasteiger partial charge in [-0.15, -0.1) is 0 Å². The molecule has 0 saturated carbocycles. The third-order valence-corrected chi connectivity index (χ3v) is 2.95. The lowest BCUT2D eigenvalue weighted by molar-refractivity contribution is 0.163. The highest BCUT2D eigenvalue weighted by molar-refractivity contribution is 5.57. The summed E-state index contributed by atoms with van der Waals surface area (Å²) in [6.45, 7) is 4.37. The first-order valence-electron chi connectivity index (χ1n) is 4.85. The van der Waals surface area contributed by atoms with Gasteiger partial charge in [-0.3, -0.25) is 0 Å². The predicted octanol–water partition coefficient (Wildman–Crippen LogP) is 3.00. The summed E-state index contributed by atoms with van der Waals surface area (Å²) in [6.07, 6.45) is 7.19. The molecule has 0 heterocycles. The minimum Gasteiger partial charge on any atom is -0.372 e. The Labute approximate surface area is 79.8 Å². The first-order chi connectivity index (χ1) is 6.24. The predicted molar refractivity (Wildman–Crippen MR) is 54.6 cm³/mol. The standard InChI is InChI=1S/C12H16O/c1-8-5-4-6-10-7-9(2)12(13-3)11(8)10/h6-7,12H,4-5H2,1-3H3. The van der Waals surface area contributed by atoms with Crippen LogP contribution in [-0.2, 0) is 4.74 Å². The summed E-state index contributed by atoms with van der Waals surface area (Å²) in [6, 6.07) is 0. The summed E-state index contributed by atoms with van der Waals surface area (Å²) in [5.41, 5.74) is 5.65. The van der Waals surface area contributed by atoms with Crippen molar-refractivity contribution in [3.63, 3.8) is 0 Å². The summed E-state index contributed by atoms with van der Waals surface area (Å²) in [5, 5.41) is 0. The maximum Gasteiger partial charge on any atom is 0.104 e. The van der Waals surface area contributed by atoms with Crippen LogP contribution in [0, 0.1) is 0 Å². The fourth-order valence-corrected chi connectivity index (χ4v) is 2.30. The number of allylic oxidation sites excluding steroid dienone is 3. The highest BCUT2D eigenvalue weighted by Gasteiger charge is 2.27. The smallest absolute Gasteiger partial charge is 0.104 e. The summed E-state index contributed by atoms with van der Waals surface area (Å²) >= 11 is 0. The average Bonchev–Trinajstić information content (AvgIpc) is 2.42. The molecule has 0 aromatic carbocycles. The maximum atomic E-state index is 5.50. The van der Waals surface area contributed by atoms with Crippen LogP contribution in [0.3, 0.4) is 0 Å². The van der Waals surface area contributed by atoms with Gasteiger partial charge in [-0.2, -0.15) is 0 Å². The molecule has 1 unspecified atom stereocenters. The Morgan fingerprint density at radius 1 is 1.38 bits per heavy atom. The van der Waals surface area contributed by atoms with Crippen LogP contribution in [-0.4, -0.2) is 13.2 Å². The Kier molecular flexibility index (Phi) is 2.12. The van der Waals surface area contributed by atoms with Gasteiger partial charge < -0.3 is 4.74 Å². The average molecular weight is 176 g/mol. The van der Waals surface area contributed by atoms with Crippen molar-refractivity contribution in [2.75, 3.05) is 7.11 Å². The van der Waals surface area contributed by atoms with Crippen molar-refractivity contribution in [1.29, 1.82) is 0 Å². The number of hydrogen-bond donors (Lipinski definition) is 0. The molecule has 0 N–H and O–H groups in total. The number of rotatable bonds is 1. The third-order valence-electron chi connectivity index (χ3n) is 2.95. The lowest BCUT2D eigenvalue weighted by Gasteiger charge is -2.19. The second-order valence-corrected chi connectivity index (χ2v) is 3.90. The molecule has 0 saturated heterocycles. The Morgan fingerprint density at radius 3 is 2.85 bits per heavy atom. The first kappa shape index (κ1) is 8.76. The number of ether oxygens (including phenoxy) is 1. The molecule has 2 aliphatic carbocycles. The van der Waals surface area contributed by atoms with Crippen LogP contribution >= 0.6 is 0 Å². The van der Waals surface area contributed by atoms with E-state index in [1.807, 2.05) is 0 Å². The Morgan fingerprint density at radius 2 is 2.15 bits per heavy atom. The van der Waals surface area contributed by atoms with Gasteiger partial charge >= 0.3 is 0 Å². The molecule has 1 nitrogen and oxygen atoms in total.